The molecule has 4 rings (SSSR count). The minimum absolute atomic E-state index is 0.00650. The van der Waals surface area contributed by atoms with Crippen molar-refractivity contribution < 1.29 is 4.79 Å². The smallest absolute Gasteiger partial charge is 0.251 e. The molecule has 30 heavy (non-hydrogen) atoms. The number of hydrogen-bond acceptors (Lipinski definition) is 3. The summed E-state index contributed by atoms with van der Waals surface area (Å²) in [5.74, 6) is 0.799. The van der Waals surface area contributed by atoms with E-state index >= 15 is 0 Å². The first-order valence-corrected chi connectivity index (χ1v) is 10.6. The molecule has 1 saturated carbocycles. The fraction of sp³-hybridized carbons (Fsp3) is 0.231. The predicted molar refractivity (Wildman–Crippen MR) is 124 cm³/mol. The topological polar surface area (TPSA) is 54.0 Å². The van der Waals surface area contributed by atoms with Gasteiger partial charge in [0.1, 0.15) is 0 Å². The van der Waals surface area contributed by atoms with Crippen molar-refractivity contribution in [3.05, 3.63) is 89.7 Å². The normalized spacial score (nSPS) is 13.7. The molecule has 0 spiro atoms. The summed E-state index contributed by atoms with van der Waals surface area (Å²) in [6.45, 7) is 0.759. The molecule has 1 amide bonds. The van der Waals surface area contributed by atoms with Crippen LogP contribution in [0.3, 0.4) is 0 Å². The van der Waals surface area contributed by atoms with Crippen LogP contribution in [0.2, 0.25) is 0 Å². The van der Waals surface area contributed by atoms with Crippen molar-refractivity contribution in [1.29, 1.82) is 0 Å². The van der Waals surface area contributed by atoms with Crippen LogP contribution in [-0.4, -0.2) is 17.4 Å². The van der Waals surface area contributed by atoms with E-state index < -0.39 is 0 Å². The number of nitrogens with zero attached hydrogens (tertiary/aromatic N) is 1. The van der Waals surface area contributed by atoms with E-state index in [4.69, 9.17) is 0 Å². The molecular weight excluding hydrogens is 370 g/mol. The number of hydrogen-bond donors (Lipinski definition) is 2. The summed E-state index contributed by atoms with van der Waals surface area (Å²) in [5, 5.41) is 6.42. The number of pyridine rings is 1. The maximum absolute atomic E-state index is 12.4. The minimum Gasteiger partial charge on any atom is -0.356 e. The second-order valence-corrected chi connectivity index (χ2v) is 7.76. The molecule has 1 aliphatic rings. The number of anilines is 2. The monoisotopic (exact) mass is 397 g/mol. The Morgan fingerprint density at radius 1 is 0.967 bits per heavy atom. The zero-order chi connectivity index (χ0) is 20.6. The van der Waals surface area contributed by atoms with Crippen LogP contribution >= 0.6 is 0 Å². The maximum Gasteiger partial charge on any atom is 0.251 e. The number of aromatic nitrogens is 1. The molecular formula is C26H27N3O. The molecule has 4 heteroatoms. The van der Waals surface area contributed by atoms with E-state index in [1.807, 2.05) is 66.7 Å². The molecule has 1 aliphatic carbocycles. The second kappa shape index (κ2) is 9.88. The van der Waals surface area contributed by atoms with Gasteiger partial charge in [0.15, 0.2) is 0 Å². The SMILES string of the molecule is O=C(NCCC1CCC1)c1cccc(Nc2ccc(C=Cc3ccccn3)cc2)c1. The first kappa shape index (κ1) is 19.9. The molecule has 3 aromatic rings. The van der Waals surface area contributed by atoms with E-state index in [1.54, 1.807) is 6.20 Å². The van der Waals surface area contributed by atoms with Gasteiger partial charge in [0, 0.05) is 29.7 Å². The zero-order valence-corrected chi connectivity index (χ0v) is 17.1. The van der Waals surface area contributed by atoms with E-state index in [0.717, 1.165) is 41.5 Å². The molecule has 0 unspecified atom stereocenters. The van der Waals surface area contributed by atoms with Gasteiger partial charge in [-0.25, -0.2) is 0 Å². The molecule has 152 valence electrons. The summed E-state index contributed by atoms with van der Waals surface area (Å²) < 4.78 is 0. The van der Waals surface area contributed by atoms with Crippen molar-refractivity contribution in [3.8, 4) is 0 Å². The van der Waals surface area contributed by atoms with E-state index in [0.29, 0.717) is 5.56 Å². The molecule has 1 heterocycles. The molecule has 1 fully saturated rings. The zero-order valence-electron chi connectivity index (χ0n) is 17.1. The molecule has 2 N–H and O–H groups in total. The lowest BCUT2D eigenvalue weighted by Crippen LogP contribution is -2.27. The molecule has 2 aromatic carbocycles. The fourth-order valence-electron chi connectivity index (χ4n) is 3.51. The number of amides is 1. The Morgan fingerprint density at radius 2 is 1.83 bits per heavy atom. The summed E-state index contributed by atoms with van der Waals surface area (Å²) >= 11 is 0. The average molecular weight is 398 g/mol. The van der Waals surface area contributed by atoms with Crippen molar-refractivity contribution in [3.63, 3.8) is 0 Å². The second-order valence-electron chi connectivity index (χ2n) is 7.76. The predicted octanol–water partition coefficient (Wildman–Crippen LogP) is 5.92. The highest BCUT2D eigenvalue weighted by Gasteiger charge is 2.17. The van der Waals surface area contributed by atoms with E-state index in [9.17, 15) is 4.79 Å². The molecule has 0 radical (unpaired) electrons. The van der Waals surface area contributed by atoms with Crippen LogP contribution in [-0.2, 0) is 0 Å². The highest BCUT2D eigenvalue weighted by molar-refractivity contribution is 5.95. The Bertz CT molecular complexity index is 992. The number of carbonyl (C=O) groups is 1. The number of nitrogens with one attached hydrogen (secondary N) is 2. The average Bonchev–Trinajstić information content (AvgIpc) is 2.76. The van der Waals surface area contributed by atoms with Crippen molar-refractivity contribution in [2.45, 2.75) is 25.7 Å². The van der Waals surface area contributed by atoms with E-state index in [-0.39, 0.29) is 5.91 Å². The summed E-state index contributed by atoms with van der Waals surface area (Å²) in [6, 6.07) is 21.7. The quantitative estimate of drug-likeness (QED) is 0.496. The van der Waals surface area contributed by atoms with Crippen LogP contribution in [0, 0.1) is 5.92 Å². The Balaban J connectivity index is 1.33. The van der Waals surface area contributed by atoms with Gasteiger partial charge in [0.25, 0.3) is 5.91 Å². The van der Waals surface area contributed by atoms with Crippen molar-refractivity contribution >= 4 is 29.4 Å². The third-order valence-corrected chi connectivity index (χ3v) is 5.52. The van der Waals surface area contributed by atoms with Crippen LogP contribution in [0.4, 0.5) is 11.4 Å². The minimum atomic E-state index is -0.00650. The Kier molecular flexibility index (Phi) is 6.55. The highest BCUT2D eigenvalue weighted by atomic mass is 16.1. The first-order chi connectivity index (χ1) is 14.8. The lowest BCUT2D eigenvalue weighted by Gasteiger charge is -2.25. The summed E-state index contributed by atoms with van der Waals surface area (Å²) in [5.41, 5.74) is 4.60. The molecule has 0 saturated heterocycles. The van der Waals surface area contributed by atoms with Gasteiger partial charge in [-0.05, 0) is 66.4 Å². The Hall–Kier alpha value is -3.40. The standard InChI is InChI=1S/C26H27N3O/c30-26(28-18-16-20-5-3-6-20)22-7-4-9-25(19-22)29-24-14-11-21(12-15-24)10-13-23-8-1-2-17-27-23/h1-2,4,7-15,17,19-20,29H,3,5-6,16,18H2,(H,28,30). The van der Waals surface area contributed by atoms with Crippen LogP contribution in [0.1, 0.15) is 47.3 Å². The maximum atomic E-state index is 12.4. The molecule has 0 atom stereocenters. The molecule has 0 bridgehead atoms. The van der Waals surface area contributed by atoms with Crippen LogP contribution < -0.4 is 10.6 Å². The van der Waals surface area contributed by atoms with Crippen LogP contribution in [0.25, 0.3) is 12.2 Å². The largest absolute Gasteiger partial charge is 0.356 e. The van der Waals surface area contributed by atoms with Gasteiger partial charge in [0.2, 0.25) is 0 Å². The highest BCUT2D eigenvalue weighted by Crippen LogP contribution is 2.28. The third-order valence-electron chi connectivity index (χ3n) is 5.52. The van der Waals surface area contributed by atoms with Gasteiger partial charge < -0.3 is 10.6 Å². The lowest BCUT2D eigenvalue weighted by atomic mass is 9.83. The van der Waals surface area contributed by atoms with Crippen molar-refractivity contribution in [1.82, 2.24) is 10.3 Å². The van der Waals surface area contributed by atoms with Gasteiger partial charge in [-0.2, -0.15) is 0 Å². The van der Waals surface area contributed by atoms with Gasteiger partial charge in [-0.3, -0.25) is 9.78 Å². The van der Waals surface area contributed by atoms with E-state index in [1.165, 1.54) is 19.3 Å². The van der Waals surface area contributed by atoms with Gasteiger partial charge >= 0.3 is 0 Å². The number of rotatable bonds is 8. The van der Waals surface area contributed by atoms with Crippen LogP contribution in [0.5, 0.6) is 0 Å². The molecule has 4 nitrogen and oxygen atoms in total. The van der Waals surface area contributed by atoms with Crippen LogP contribution in [0.15, 0.2) is 72.9 Å². The Labute approximate surface area is 178 Å². The first-order valence-electron chi connectivity index (χ1n) is 10.6. The summed E-state index contributed by atoms with van der Waals surface area (Å²) in [7, 11) is 0. The van der Waals surface area contributed by atoms with Crippen molar-refractivity contribution in [2.75, 3.05) is 11.9 Å². The fourth-order valence-corrected chi connectivity index (χ4v) is 3.51. The molecule has 0 aliphatic heterocycles. The van der Waals surface area contributed by atoms with Gasteiger partial charge in [-0.15, -0.1) is 0 Å². The Morgan fingerprint density at radius 3 is 2.57 bits per heavy atom. The lowest BCUT2D eigenvalue weighted by molar-refractivity contribution is 0.0949. The van der Waals surface area contributed by atoms with E-state index in [2.05, 4.69) is 27.8 Å². The van der Waals surface area contributed by atoms with Crippen molar-refractivity contribution in [2.24, 2.45) is 5.92 Å². The number of carbonyl (C=O) groups excluding carboxylic acids is 1. The summed E-state index contributed by atoms with van der Waals surface area (Å²) in [4.78, 5) is 16.7. The van der Waals surface area contributed by atoms with Gasteiger partial charge in [-0.1, -0.05) is 49.6 Å². The molecule has 1 aromatic heterocycles. The third kappa shape index (κ3) is 5.57. The number of benzene rings is 2. The summed E-state index contributed by atoms with van der Waals surface area (Å²) in [6.07, 6.45) is 10.9. The van der Waals surface area contributed by atoms with Gasteiger partial charge in [0.05, 0.1) is 5.69 Å².